The molecule has 0 N–H and O–H groups in total. The Balaban J connectivity index is 1.88. The van der Waals surface area contributed by atoms with Crippen LogP contribution >= 0.6 is 0 Å². The molecule has 6 aromatic rings. The van der Waals surface area contributed by atoms with Gasteiger partial charge in [-0.2, -0.15) is 0 Å². The highest BCUT2D eigenvalue weighted by molar-refractivity contribution is 6.34. The molecule has 6 aromatic carbocycles. The van der Waals surface area contributed by atoms with Gasteiger partial charge < -0.3 is 9.47 Å². The lowest BCUT2D eigenvalue weighted by molar-refractivity contribution is 0.176. The van der Waals surface area contributed by atoms with Crippen molar-refractivity contribution in [3.8, 4) is 11.5 Å². The van der Waals surface area contributed by atoms with Crippen LogP contribution < -0.4 is 9.47 Å². The van der Waals surface area contributed by atoms with E-state index in [4.69, 9.17) is 9.47 Å². The van der Waals surface area contributed by atoms with Crippen molar-refractivity contribution in [1.29, 1.82) is 0 Å². The number of fused-ring (bicyclic) bond motifs is 12. The fraction of sp³-hybridized carbons (Fsp3) is 0.0714. The molecule has 0 bridgehead atoms. The van der Waals surface area contributed by atoms with E-state index >= 15 is 0 Å². The number of hydrogen-bond acceptors (Lipinski definition) is 2. The lowest BCUT2D eigenvalue weighted by atomic mass is 9.89. The first-order chi connectivity index (χ1) is 14.9. The molecule has 0 saturated heterocycles. The van der Waals surface area contributed by atoms with E-state index in [0.717, 1.165) is 22.3 Å². The minimum atomic E-state index is 0.578. The first-order valence-electron chi connectivity index (χ1n) is 10.4. The Labute approximate surface area is 173 Å². The Kier molecular flexibility index (Phi) is 3.14. The summed E-state index contributed by atoms with van der Waals surface area (Å²) in [5.41, 5.74) is 0. The summed E-state index contributed by atoms with van der Waals surface area (Å²) in [4.78, 5) is 0. The van der Waals surface area contributed by atoms with E-state index in [1.165, 1.54) is 43.1 Å². The second-order valence-corrected chi connectivity index (χ2v) is 7.94. The van der Waals surface area contributed by atoms with E-state index < -0.39 is 0 Å². The molecule has 0 fully saturated rings. The number of benzene rings is 6. The monoisotopic (exact) mass is 386 g/mol. The molecule has 1 aliphatic heterocycles. The van der Waals surface area contributed by atoms with Crippen molar-refractivity contribution in [2.75, 3.05) is 13.2 Å². The molecule has 0 radical (unpaired) electrons. The van der Waals surface area contributed by atoms with Gasteiger partial charge in [-0.1, -0.05) is 72.8 Å². The maximum Gasteiger partial charge on any atom is 0.169 e. The van der Waals surface area contributed by atoms with Crippen LogP contribution in [0.1, 0.15) is 0 Å². The van der Waals surface area contributed by atoms with E-state index in [2.05, 4.69) is 84.9 Å². The standard InChI is InChI=1S/C28H18O2/c1-3-7-20-17(5-1)9-10-19-12-14-23-26(24(19)20)25-21-8-4-2-6-18(21)11-13-22(25)27-28(23)30-16-15-29-27/h1-14H,15-16H2. The molecule has 1 aliphatic rings. The fourth-order valence-corrected chi connectivity index (χ4v) is 5.10. The van der Waals surface area contributed by atoms with Crippen LogP contribution in [0.25, 0.3) is 53.9 Å². The zero-order chi connectivity index (χ0) is 19.7. The van der Waals surface area contributed by atoms with Gasteiger partial charge in [-0.15, -0.1) is 0 Å². The fourth-order valence-electron chi connectivity index (χ4n) is 5.10. The molecule has 7 rings (SSSR count). The van der Waals surface area contributed by atoms with Gasteiger partial charge in [0.25, 0.3) is 0 Å². The Bertz CT molecular complexity index is 1650. The van der Waals surface area contributed by atoms with Crippen LogP contribution in [-0.2, 0) is 0 Å². The van der Waals surface area contributed by atoms with Crippen molar-refractivity contribution < 1.29 is 9.47 Å². The van der Waals surface area contributed by atoms with Crippen molar-refractivity contribution in [3.05, 3.63) is 84.9 Å². The third kappa shape index (κ3) is 2.03. The normalized spacial score (nSPS) is 13.6. The molecule has 0 amide bonds. The average molecular weight is 386 g/mol. The molecule has 30 heavy (non-hydrogen) atoms. The summed E-state index contributed by atoms with van der Waals surface area (Å²) in [5, 5.41) is 12.3. The number of hydrogen-bond donors (Lipinski definition) is 0. The molecule has 0 unspecified atom stereocenters. The molecule has 0 spiro atoms. The topological polar surface area (TPSA) is 18.5 Å². The van der Waals surface area contributed by atoms with Crippen LogP contribution in [0.2, 0.25) is 0 Å². The van der Waals surface area contributed by atoms with Gasteiger partial charge in [0, 0.05) is 21.5 Å². The first kappa shape index (κ1) is 16.1. The number of ether oxygens (including phenoxy) is 2. The third-order valence-corrected chi connectivity index (χ3v) is 6.36. The molecular formula is C28H18O2. The van der Waals surface area contributed by atoms with Gasteiger partial charge >= 0.3 is 0 Å². The first-order valence-corrected chi connectivity index (χ1v) is 10.4. The van der Waals surface area contributed by atoms with Crippen LogP contribution in [0.5, 0.6) is 11.5 Å². The van der Waals surface area contributed by atoms with Crippen LogP contribution in [0.4, 0.5) is 0 Å². The maximum absolute atomic E-state index is 6.19. The molecular weight excluding hydrogens is 368 g/mol. The van der Waals surface area contributed by atoms with E-state index in [1.807, 2.05) is 0 Å². The van der Waals surface area contributed by atoms with Crippen LogP contribution in [0, 0.1) is 0 Å². The van der Waals surface area contributed by atoms with Crippen LogP contribution in [0.15, 0.2) is 84.9 Å². The molecule has 0 aliphatic carbocycles. The van der Waals surface area contributed by atoms with Gasteiger partial charge in [0.15, 0.2) is 11.5 Å². The molecule has 142 valence electrons. The lowest BCUT2D eigenvalue weighted by Gasteiger charge is -2.24. The zero-order valence-corrected chi connectivity index (χ0v) is 16.3. The third-order valence-electron chi connectivity index (χ3n) is 6.36. The van der Waals surface area contributed by atoms with Gasteiger partial charge in [0.2, 0.25) is 0 Å². The van der Waals surface area contributed by atoms with E-state index in [1.54, 1.807) is 0 Å². The summed E-state index contributed by atoms with van der Waals surface area (Å²) in [6.45, 7) is 1.16. The van der Waals surface area contributed by atoms with E-state index in [9.17, 15) is 0 Å². The van der Waals surface area contributed by atoms with Gasteiger partial charge in [0.05, 0.1) is 0 Å². The van der Waals surface area contributed by atoms with Gasteiger partial charge in [-0.25, -0.2) is 0 Å². The smallest absolute Gasteiger partial charge is 0.169 e. The van der Waals surface area contributed by atoms with Crippen molar-refractivity contribution in [2.24, 2.45) is 0 Å². The summed E-state index contributed by atoms with van der Waals surface area (Å²) in [7, 11) is 0. The Morgan fingerprint density at radius 3 is 1.60 bits per heavy atom. The summed E-state index contributed by atoms with van der Waals surface area (Å²) < 4.78 is 12.4. The van der Waals surface area contributed by atoms with Crippen molar-refractivity contribution in [3.63, 3.8) is 0 Å². The number of rotatable bonds is 0. The van der Waals surface area contributed by atoms with Crippen molar-refractivity contribution in [1.82, 2.24) is 0 Å². The lowest BCUT2D eigenvalue weighted by Crippen LogP contribution is -2.16. The van der Waals surface area contributed by atoms with Crippen molar-refractivity contribution in [2.45, 2.75) is 0 Å². The van der Waals surface area contributed by atoms with Gasteiger partial charge in [-0.3, -0.25) is 0 Å². The minimum absolute atomic E-state index is 0.578. The summed E-state index contributed by atoms with van der Waals surface area (Å²) in [6.07, 6.45) is 0. The predicted octanol–water partition coefficient (Wildman–Crippen LogP) is 7.22. The molecule has 2 heteroatoms. The summed E-state index contributed by atoms with van der Waals surface area (Å²) in [5.74, 6) is 1.74. The Morgan fingerprint density at radius 1 is 0.400 bits per heavy atom. The maximum atomic E-state index is 6.19. The zero-order valence-electron chi connectivity index (χ0n) is 16.3. The molecule has 1 heterocycles. The van der Waals surface area contributed by atoms with Gasteiger partial charge in [-0.05, 0) is 44.5 Å². The summed E-state index contributed by atoms with van der Waals surface area (Å²) in [6, 6.07) is 30.5. The largest absolute Gasteiger partial charge is 0.485 e. The second kappa shape index (κ2) is 5.87. The van der Waals surface area contributed by atoms with Crippen LogP contribution in [-0.4, -0.2) is 13.2 Å². The molecule has 2 nitrogen and oxygen atoms in total. The minimum Gasteiger partial charge on any atom is -0.485 e. The van der Waals surface area contributed by atoms with E-state index in [-0.39, 0.29) is 0 Å². The van der Waals surface area contributed by atoms with Crippen LogP contribution in [0.3, 0.4) is 0 Å². The Hall–Kier alpha value is -3.78. The highest BCUT2D eigenvalue weighted by Gasteiger charge is 2.23. The molecule has 0 aromatic heterocycles. The van der Waals surface area contributed by atoms with E-state index in [0.29, 0.717) is 13.2 Å². The highest BCUT2D eigenvalue weighted by atomic mass is 16.6. The summed E-state index contributed by atoms with van der Waals surface area (Å²) >= 11 is 0. The quantitative estimate of drug-likeness (QED) is 0.257. The SMILES string of the molecule is c1ccc2c(c1)ccc1ccc3c4c(c5ccc6ccccc6c5c3c12)OCCO4. The average Bonchev–Trinajstić information content (AvgIpc) is 2.83. The van der Waals surface area contributed by atoms with Gasteiger partial charge in [0.1, 0.15) is 13.2 Å². The molecule has 0 saturated carbocycles. The molecule has 0 atom stereocenters. The predicted molar refractivity (Wildman–Crippen MR) is 125 cm³/mol. The Morgan fingerprint density at radius 2 is 0.900 bits per heavy atom. The highest BCUT2D eigenvalue weighted by Crippen LogP contribution is 2.49. The van der Waals surface area contributed by atoms with Crippen molar-refractivity contribution >= 4 is 53.9 Å². The second-order valence-electron chi connectivity index (χ2n) is 7.94.